The van der Waals surface area contributed by atoms with E-state index < -0.39 is 10.0 Å². The maximum absolute atomic E-state index is 11.9. The summed E-state index contributed by atoms with van der Waals surface area (Å²) < 4.78 is 26.4. The first-order valence-corrected chi connectivity index (χ1v) is 7.84. The standard InChI is InChI=1S/C12H23N3O2S/c1-4-5-6-7-12(2,3)9-15-18(16,17)11-8-13-10-14-11/h8,10,15H,4-7,9H2,1-3H3,(H,13,14). The minimum atomic E-state index is -3.45. The highest BCUT2D eigenvalue weighted by Gasteiger charge is 2.22. The van der Waals surface area contributed by atoms with Crippen LogP contribution in [0, 0.1) is 5.41 Å². The largest absolute Gasteiger partial charge is 0.335 e. The van der Waals surface area contributed by atoms with E-state index in [4.69, 9.17) is 0 Å². The zero-order chi connectivity index (χ0) is 13.6. The maximum atomic E-state index is 11.9. The second kappa shape index (κ2) is 6.33. The molecule has 5 nitrogen and oxygen atoms in total. The van der Waals surface area contributed by atoms with Crippen LogP contribution in [0.1, 0.15) is 46.5 Å². The normalized spacial score (nSPS) is 12.8. The number of H-pyrrole nitrogens is 1. The van der Waals surface area contributed by atoms with Gasteiger partial charge in [0.1, 0.15) is 0 Å². The predicted molar refractivity (Wildman–Crippen MR) is 71.7 cm³/mol. The van der Waals surface area contributed by atoms with Crippen molar-refractivity contribution in [2.75, 3.05) is 6.54 Å². The van der Waals surface area contributed by atoms with Crippen LogP contribution in [-0.4, -0.2) is 24.9 Å². The molecule has 1 heterocycles. The topological polar surface area (TPSA) is 74.8 Å². The van der Waals surface area contributed by atoms with Crippen molar-refractivity contribution in [3.8, 4) is 0 Å². The van der Waals surface area contributed by atoms with Crippen molar-refractivity contribution < 1.29 is 8.42 Å². The van der Waals surface area contributed by atoms with Crippen molar-refractivity contribution >= 4 is 10.0 Å². The van der Waals surface area contributed by atoms with Crippen molar-refractivity contribution in [1.82, 2.24) is 14.7 Å². The Balaban J connectivity index is 2.49. The molecule has 0 amide bonds. The second-order valence-corrected chi connectivity index (χ2v) is 7.10. The number of aromatic nitrogens is 2. The SMILES string of the molecule is CCCCCC(C)(C)CNS(=O)(=O)c1cnc[nH]1. The zero-order valence-corrected chi connectivity index (χ0v) is 12.2. The number of unbranched alkanes of at least 4 members (excludes halogenated alkanes) is 2. The number of hydrogen-bond acceptors (Lipinski definition) is 3. The highest BCUT2D eigenvalue weighted by atomic mass is 32.2. The average molecular weight is 273 g/mol. The molecule has 0 unspecified atom stereocenters. The number of imidazole rings is 1. The van der Waals surface area contributed by atoms with Gasteiger partial charge in [-0.3, -0.25) is 0 Å². The molecule has 2 N–H and O–H groups in total. The molecule has 0 bridgehead atoms. The zero-order valence-electron chi connectivity index (χ0n) is 11.4. The minimum absolute atomic E-state index is 0.0255. The summed E-state index contributed by atoms with van der Waals surface area (Å²) in [6, 6.07) is 0. The fraction of sp³-hybridized carbons (Fsp3) is 0.750. The Bertz CT molecular complexity index is 438. The Hall–Kier alpha value is -0.880. The van der Waals surface area contributed by atoms with E-state index in [9.17, 15) is 8.42 Å². The first-order valence-electron chi connectivity index (χ1n) is 6.35. The molecule has 0 aliphatic rings. The molecule has 104 valence electrons. The summed E-state index contributed by atoms with van der Waals surface area (Å²) in [5.74, 6) is 0. The van der Waals surface area contributed by atoms with Crippen LogP contribution in [0.2, 0.25) is 0 Å². The van der Waals surface area contributed by atoms with Gasteiger partial charge in [0.2, 0.25) is 0 Å². The van der Waals surface area contributed by atoms with E-state index >= 15 is 0 Å². The van der Waals surface area contributed by atoms with Gasteiger partial charge < -0.3 is 4.98 Å². The molecule has 0 saturated heterocycles. The third kappa shape index (κ3) is 4.78. The number of rotatable bonds is 8. The number of sulfonamides is 1. The summed E-state index contributed by atoms with van der Waals surface area (Å²) in [5, 5.41) is 0.117. The first-order chi connectivity index (χ1) is 8.37. The molecular weight excluding hydrogens is 250 g/mol. The lowest BCUT2D eigenvalue weighted by Crippen LogP contribution is -2.34. The van der Waals surface area contributed by atoms with Gasteiger partial charge in [-0.1, -0.05) is 40.0 Å². The van der Waals surface area contributed by atoms with Crippen LogP contribution in [-0.2, 0) is 10.0 Å². The lowest BCUT2D eigenvalue weighted by Gasteiger charge is -2.24. The quantitative estimate of drug-likeness (QED) is 0.714. The molecule has 0 aliphatic heterocycles. The fourth-order valence-electron chi connectivity index (χ4n) is 1.70. The Morgan fingerprint density at radius 2 is 2.11 bits per heavy atom. The fourth-order valence-corrected chi connectivity index (χ4v) is 2.84. The van der Waals surface area contributed by atoms with Gasteiger partial charge in [0.25, 0.3) is 10.0 Å². The van der Waals surface area contributed by atoms with E-state index in [-0.39, 0.29) is 10.4 Å². The first kappa shape index (κ1) is 15.2. The van der Waals surface area contributed by atoms with E-state index in [1.54, 1.807) is 0 Å². The van der Waals surface area contributed by atoms with Crippen LogP contribution in [0.3, 0.4) is 0 Å². The summed E-state index contributed by atoms with van der Waals surface area (Å²) in [4.78, 5) is 6.32. The van der Waals surface area contributed by atoms with Gasteiger partial charge in [0, 0.05) is 6.54 Å². The monoisotopic (exact) mass is 273 g/mol. The molecular formula is C12H23N3O2S. The number of nitrogens with zero attached hydrogens (tertiary/aromatic N) is 1. The molecule has 0 aromatic carbocycles. The number of aromatic amines is 1. The van der Waals surface area contributed by atoms with Gasteiger partial charge in [-0.2, -0.15) is 0 Å². The van der Waals surface area contributed by atoms with Crippen molar-refractivity contribution in [1.29, 1.82) is 0 Å². The van der Waals surface area contributed by atoms with E-state index in [1.165, 1.54) is 25.4 Å². The summed E-state index contributed by atoms with van der Waals surface area (Å²) in [7, 11) is -3.45. The van der Waals surface area contributed by atoms with Crippen LogP contribution in [0.15, 0.2) is 17.6 Å². The summed E-state index contributed by atoms with van der Waals surface area (Å²) in [5.41, 5.74) is -0.0255. The van der Waals surface area contributed by atoms with Crippen LogP contribution in [0.5, 0.6) is 0 Å². The van der Waals surface area contributed by atoms with Crippen molar-refractivity contribution in [3.05, 3.63) is 12.5 Å². The van der Waals surface area contributed by atoms with Gasteiger partial charge in [-0.15, -0.1) is 0 Å². The minimum Gasteiger partial charge on any atom is -0.335 e. The highest BCUT2D eigenvalue weighted by Crippen LogP contribution is 2.23. The van der Waals surface area contributed by atoms with Gasteiger partial charge in [-0.05, 0) is 11.8 Å². The molecule has 6 heteroatoms. The third-order valence-corrected chi connectivity index (χ3v) is 4.29. The van der Waals surface area contributed by atoms with E-state index in [0.717, 1.165) is 12.8 Å². The second-order valence-electron chi connectivity index (χ2n) is 5.36. The van der Waals surface area contributed by atoms with E-state index in [0.29, 0.717) is 6.54 Å². The third-order valence-electron chi connectivity index (χ3n) is 2.96. The molecule has 0 fully saturated rings. The van der Waals surface area contributed by atoms with E-state index in [1.807, 2.05) is 0 Å². The molecule has 1 rings (SSSR count). The molecule has 0 radical (unpaired) electrons. The van der Waals surface area contributed by atoms with Crippen molar-refractivity contribution in [2.45, 2.75) is 51.5 Å². The molecule has 18 heavy (non-hydrogen) atoms. The summed E-state index contributed by atoms with van der Waals surface area (Å²) in [6.07, 6.45) is 7.20. The highest BCUT2D eigenvalue weighted by molar-refractivity contribution is 7.89. The van der Waals surface area contributed by atoms with Gasteiger partial charge in [0.05, 0.1) is 12.5 Å². The van der Waals surface area contributed by atoms with Gasteiger partial charge in [0.15, 0.2) is 5.03 Å². The summed E-state index contributed by atoms with van der Waals surface area (Å²) in [6.45, 7) is 6.77. The Morgan fingerprint density at radius 3 is 2.67 bits per heavy atom. The number of nitrogens with one attached hydrogen (secondary N) is 2. The van der Waals surface area contributed by atoms with Gasteiger partial charge in [-0.25, -0.2) is 18.1 Å². The predicted octanol–water partition coefficient (Wildman–Crippen LogP) is 2.29. The lowest BCUT2D eigenvalue weighted by molar-refractivity contribution is 0.320. The smallest absolute Gasteiger partial charge is 0.257 e. The Morgan fingerprint density at radius 1 is 1.39 bits per heavy atom. The maximum Gasteiger partial charge on any atom is 0.257 e. The van der Waals surface area contributed by atoms with Crippen LogP contribution in [0.25, 0.3) is 0 Å². The lowest BCUT2D eigenvalue weighted by atomic mass is 9.87. The van der Waals surface area contributed by atoms with Crippen molar-refractivity contribution in [3.63, 3.8) is 0 Å². The summed E-state index contributed by atoms with van der Waals surface area (Å²) >= 11 is 0. The molecule has 1 aromatic rings. The molecule has 0 saturated carbocycles. The van der Waals surface area contributed by atoms with Crippen LogP contribution >= 0.6 is 0 Å². The van der Waals surface area contributed by atoms with Gasteiger partial charge >= 0.3 is 0 Å². The average Bonchev–Trinajstić information content (AvgIpc) is 2.81. The Labute approximate surface area is 109 Å². The molecule has 0 aliphatic carbocycles. The number of hydrogen-bond donors (Lipinski definition) is 2. The van der Waals surface area contributed by atoms with Crippen LogP contribution in [0.4, 0.5) is 0 Å². The Kier molecular flexibility index (Phi) is 5.34. The molecule has 0 atom stereocenters. The van der Waals surface area contributed by atoms with E-state index in [2.05, 4.69) is 35.5 Å². The molecule has 0 spiro atoms. The van der Waals surface area contributed by atoms with Crippen molar-refractivity contribution in [2.24, 2.45) is 5.41 Å². The van der Waals surface area contributed by atoms with Crippen LogP contribution < -0.4 is 4.72 Å². The molecule has 1 aromatic heterocycles.